The van der Waals surface area contributed by atoms with Crippen LogP contribution in [0.15, 0.2) is 47.3 Å². The van der Waals surface area contributed by atoms with Crippen molar-refractivity contribution in [2.45, 2.75) is 39.0 Å². The van der Waals surface area contributed by atoms with Gasteiger partial charge in [-0.2, -0.15) is 0 Å². The monoisotopic (exact) mass is 397 g/mol. The number of benzene rings is 2. The van der Waals surface area contributed by atoms with Crippen LogP contribution in [-0.2, 0) is 17.8 Å². The highest BCUT2D eigenvalue weighted by Gasteiger charge is 2.34. The van der Waals surface area contributed by atoms with Gasteiger partial charge in [-0.3, -0.25) is 9.59 Å². The molecule has 0 fully saturated rings. The number of para-hydroxylation sites is 1. The Labute approximate surface area is 167 Å². The van der Waals surface area contributed by atoms with Crippen LogP contribution in [0.4, 0.5) is 0 Å². The van der Waals surface area contributed by atoms with Crippen LogP contribution in [0.25, 0.3) is 10.9 Å². The molecule has 1 amide bonds. The minimum Gasteiger partial charge on any atom is -0.480 e. The van der Waals surface area contributed by atoms with Crippen LogP contribution in [0.2, 0.25) is 5.02 Å². The SMILES string of the molecule is CC(C)N(Cc1nc2ccccc2c(=O)[nH]1)C(=O)[C@H]1Cc2cc(Cl)ccc2O1. The average molecular weight is 398 g/mol. The van der Waals surface area contributed by atoms with E-state index in [4.69, 9.17) is 16.3 Å². The van der Waals surface area contributed by atoms with Crippen molar-refractivity contribution < 1.29 is 9.53 Å². The van der Waals surface area contributed by atoms with Crippen LogP contribution >= 0.6 is 11.6 Å². The summed E-state index contributed by atoms with van der Waals surface area (Å²) in [4.78, 5) is 34.4. The maximum atomic E-state index is 13.1. The van der Waals surface area contributed by atoms with Crippen LogP contribution in [0, 0.1) is 0 Å². The molecular weight excluding hydrogens is 378 g/mol. The van der Waals surface area contributed by atoms with E-state index in [9.17, 15) is 9.59 Å². The molecular formula is C21H20ClN3O3. The van der Waals surface area contributed by atoms with Crippen LogP contribution in [0.1, 0.15) is 25.2 Å². The zero-order valence-corrected chi connectivity index (χ0v) is 16.4. The van der Waals surface area contributed by atoms with Gasteiger partial charge in [-0.05, 0) is 49.7 Å². The predicted octanol–water partition coefficient (Wildman–Crippen LogP) is 3.32. The van der Waals surface area contributed by atoms with Crippen LogP contribution in [0.5, 0.6) is 5.75 Å². The fourth-order valence-corrected chi connectivity index (χ4v) is 3.62. The highest BCUT2D eigenvalue weighted by molar-refractivity contribution is 6.30. The summed E-state index contributed by atoms with van der Waals surface area (Å²) in [6.45, 7) is 4.06. The van der Waals surface area contributed by atoms with Crippen LogP contribution < -0.4 is 10.3 Å². The number of hydrogen-bond acceptors (Lipinski definition) is 4. The summed E-state index contributed by atoms with van der Waals surface area (Å²) in [7, 11) is 0. The van der Waals surface area contributed by atoms with Gasteiger partial charge in [0.15, 0.2) is 6.10 Å². The van der Waals surface area contributed by atoms with Gasteiger partial charge >= 0.3 is 0 Å². The third kappa shape index (κ3) is 3.47. The Morgan fingerprint density at radius 1 is 1.32 bits per heavy atom. The van der Waals surface area contributed by atoms with E-state index in [1.54, 1.807) is 35.2 Å². The number of nitrogens with zero attached hydrogens (tertiary/aromatic N) is 2. The van der Waals surface area contributed by atoms with Gasteiger partial charge in [0.1, 0.15) is 11.6 Å². The lowest BCUT2D eigenvalue weighted by atomic mass is 10.1. The topological polar surface area (TPSA) is 75.3 Å². The van der Waals surface area contributed by atoms with E-state index in [1.807, 2.05) is 26.0 Å². The van der Waals surface area contributed by atoms with E-state index in [1.165, 1.54) is 0 Å². The Morgan fingerprint density at radius 3 is 2.89 bits per heavy atom. The first-order valence-corrected chi connectivity index (χ1v) is 9.53. The summed E-state index contributed by atoms with van der Waals surface area (Å²) in [5.41, 5.74) is 1.32. The number of nitrogens with one attached hydrogen (secondary N) is 1. The number of ether oxygens (including phenoxy) is 1. The molecule has 4 rings (SSSR count). The number of rotatable bonds is 4. The molecule has 2 heterocycles. The lowest BCUT2D eigenvalue weighted by molar-refractivity contribution is -0.140. The molecule has 2 aromatic carbocycles. The van der Waals surface area contributed by atoms with Crippen molar-refractivity contribution in [3.63, 3.8) is 0 Å². The van der Waals surface area contributed by atoms with Crippen molar-refractivity contribution in [1.29, 1.82) is 0 Å². The van der Waals surface area contributed by atoms with E-state index < -0.39 is 6.10 Å². The molecule has 0 radical (unpaired) electrons. The van der Waals surface area contributed by atoms with Crippen molar-refractivity contribution in [1.82, 2.24) is 14.9 Å². The fraction of sp³-hybridized carbons (Fsp3) is 0.286. The molecule has 1 N–H and O–H groups in total. The Morgan fingerprint density at radius 2 is 2.11 bits per heavy atom. The van der Waals surface area contributed by atoms with Gasteiger partial charge in [0.25, 0.3) is 11.5 Å². The lowest BCUT2D eigenvalue weighted by Gasteiger charge is -2.28. The number of H-pyrrole nitrogens is 1. The quantitative estimate of drug-likeness (QED) is 0.732. The number of fused-ring (bicyclic) bond motifs is 2. The molecule has 0 spiro atoms. The standard InChI is InChI=1S/C21H20ClN3O3/c1-12(2)25(11-19-23-16-6-4-3-5-15(16)20(26)24-19)21(27)18-10-13-9-14(22)7-8-17(13)28-18/h3-9,12,18H,10-11H2,1-2H3,(H,23,24,26)/t18-/m1/s1. The summed E-state index contributed by atoms with van der Waals surface area (Å²) >= 11 is 6.04. The first-order valence-electron chi connectivity index (χ1n) is 9.16. The van der Waals surface area contributed by atoms with Gasteiger partial charge in [-0.25, -0.2) is 4.98 Å². The van der Waals surface area contributed by atoms with Crippen molar-refractivity contribution in [2.24, 2.45) is 0 Å². The van der Waals surface area contributed by atoms with Gasteiger partial charge in [-0.1, -0.05) is 23.7 Å². The van der Waals surface area contributed by atoms with E-state index in [0.29, 0.717) is 33.9 Å². The molecule has 1 aliphatic heterocycles. The molecule has 6 nitrogen and oxygen atoms in total. The summed E-state index contributed by atoms with van der Waals surface area (Å²) in [6, 6.07) is 12.4. The van der Waals surface area contributed by atoms with Crippen molar-refractivity contribution in [3.8, 4) is 5.75 Å². The fourth-order valence-electron chi connectivity index (χ4n) is 3.43. The third-order valence-corrected chi connectivity index (χ3v) is 5.10. The van der Waals surface area contributed by atoms with Gasteiger partial charge in [0.2, 0.25) is 0 Å². The highest BCUT2D eigenvalue weighted by atomic mass is 35.5. The first kappa shape index (κ1) is 18.5. The van der Waals surface area contributed by atoms with Gasteiger partial charge in [0.05, 0.1) is 17.4 Å². The molecule has 0 unspecified atom stereocenters. The van der Waals surface area contributed by atoms with Crippen LogP contribution in [-0.4, -0.2) is 32.9 Å². The third-order valence-electron chi connectivity index (χ3n) is 4.86. The smallest absolute Gasteiger partial charge is 0.264 e. The Bertz CT molecular complexity index is 1110. The molecule has 28 heavy (non-hydrogen) atoms. The maximum Gasteiger partial charge on any atom is 0.264 e. The molecule has 3 aromatic rings. The molecule has 0 aliphatic carbocycles. The molecule has 0 saturated heterocycles. The van der Waals surface area contributed by atoms with E-state index >= 15 is 0 Å². The zero-order chi connectivity index (χ0) is 19.8. The lowest BCUT2D eigenvalue weighted by Crippen LogP contribution is -2.45. The first-order chi connectivity index (χ1) is 13.4. The minimum atomic E-state index is -0.608. The second-order valence-corrected chi connectivity index (χ2v) is 7.59. The summed E-state index contributed by atoms with van der Waals surface area (Å²) in [5.74, 6) is 0.992. The molecule has 144 valence electrons. The molecule has 7 heteroatoms. The normalized spacial score (nSPS) is 15.5. The number of carbonyl (C=O) groups excluding carboxylic acids is 1. The second-order valence-electron chi connectivity index (χ2n) is 7.15. The maximum absolute atomic E-state index is 13.1. The largest absolute Gasteiger partial charge is 0.480 e. The zero-order valence-electron chi connectivity index (χ0n) is 15.6. The summed E-state index contributed by atoms with van der Waals surface area (Å²) in [5, 5.41) is 1.15. The Hall–Kier alpha value is -2.86. The Balaban J connectivity index is 1.58. The molecule has 0 bridgehead atoms. The number of aromatic amines is 1. The van der Waals surface area contributed by atoms with E-state index in [2.05, 4.69) is 9.97 Å². The minimum absolute atomic E-state index is 0.0832. The number of amides is 1. The molecule has 0 saturated carbocycles. The predicted molar refractivity (Wildman–Crippen MR) is 108 cm³/mol. The molecule has 1 atom stereocenters. The Kier molecular flexibility index (Phi) is 4.81. The second kappa shape index (κ2) is 7.28. The summed E-state index contributed by atoms with van der Waals surface area (Å²) < 4.78 is 5.84. The summed E-state index contributed by atoms with van der Waals surface area (Å²) in [6.07, 6.45) is -0.136. The number of aromatic nitrogens is 2. The molecule has 1 aliphatic rings. The van der Waals surface area contributed by atoms with Crippen molar-refractivity contribution >= 4 is 28.4 Å². The van der Waals surface area contributed by atoms with Gasteiger partial charge in [0, 0.05) is 17.5 Å². The van der Waals surface area contributed by atoms with E-state index in [0.717, 1.165) is 5.56 Å². The van der Waals surface area contributed by atoms with Gasteiger partial charge in [-0.15, -0.1) is 0 Å². The van der Waals surface area contributed by atoms with Gasteiger partial charge < -0.3 is 14.6 Å². The van der Waals surface area contributed by atoms with Crippen molar-refractivity contribution in [2.75, 3.05) is 0 Å². The molecule has 1 aromatic heterocycles. The van der Waals surface area contributed by atoms with Crippen molar-refractivity contribution in [3.05, 3.63) is 69.2 Å². The number of halogens is 1. The highest BCUT2D eigenvalue weighted by Crippen LogP contribution is 2.32. The average Bonchev–Trinajstić information content (AvgIpc) is 3.08. The van der Waals surface area contributed by atoms with Crippen LogP contribution in [0.3, 0.4) is 0 Å². The number of carbonyl (C=O) groups is 1. The number of hydrogen-bond donors (Lipinski definition) is 1. The van der Waals surface area contributed by atoms with E-state index in [-0.39, 0.29) is 24.1 Å².